The molecule has 45 heavy (non-hydrogen) atoms. The molecule has 5 aromatic carbocycles. The second kappa shape index (κ2) is 11.1. The summed E-state index contributed by atoms with van der Waals surface area (Å²) < 4.78 is 40.9. The van der Waals surface area contributed by atoms with Gasteiger partial charge in [0, 0.05) is 39.0 Å². The molecule has 0 saturated heterocycles. The molecule has 1 fully saturated rings. The third kappa shape index (κ3) is 4.75. The van der Waals surface area contributed by atoms with E-state index in [4.69, 9.17) is 0 Å². The molecule has 2 aliphatic heterocycles. The van der Waals surface area contributed by atoms with Crippen LogP contribution in [0.15, 0.2) is 114 Å². The van der Waals surface area contributed by atoms with Crippen LogP contribution in [-0.2, 0) is 6.18 Å². The molecule has 5 aromatic rings. The average Bonchev–Trinajstić information content (AvgIpc) is 3.08. The van der Waals surface area contributed by atoms with Crippen LogP contribution in [-0.4, -0.2) is 13.0 Å². The number of hydrogen-bond donors (Lipinski definition) is 0. The highest BCUT2D eigenvalue weighted by Gasteiger charge is 2.43. The molecule has 1 saturated carbocycles. The molecular formula is C38H32BF3N2S. The van der Waals surface area contributed by atoms with Gasteiger partial charge in [0.2, 0.25) is 0 Å². The number of anilines is 6. The Bertz CT molecular complexity index is 1900. The first-order valence-electron chi connectivity index (χ1n) is 15.7. The van der Waals surface area contributed by atoms with E-state index in [0.29, 0.717) is 5.92 Å². The minimum Gasteiger partial charge on any atom is -0.311 e. The van der Waals surface area contributed by atoms with Crippen molar-refractivity contribution in [3.8, 4) is 0 Å². The summed E-state index contributed by atoms with van der Waals surface area (Å²) in [6, 6.07) is 36.2. The van der Waals surface area contributed by atoms with Crippen LogP contribution in [0.5, 0.6) is 0 Å². The quantitative estimate of drug-likeness (QED) is 0.144. The molecule has 0 atom stereocenters. The maximum atomic E-state index is 13.6. The van der Waals surface area contributed by atoms with Gasteiger partial charge in [0.15, 0.2) is 0 Å². The first-order chi connectivity index (χ1) is 21.9. The Morgan fingerprint density at radius 3 is 1.84 bits per heavy atom. The van der Waals surface area contributed by atoms with Gasteiger partial charge in [-0.05, 0) is 114 Å². The van der Waals surface area contributed by atoms with Crippen LogP contribution >= 0.6 is 11.8 Å². The highest BCUT2D eigenvalue weighted by molar-refractivity contribution is 7.98. The van der Waals surface area contributed by atoms with Crippen LogP contribution < -0.4 is 26.2 Å². The first kappa shape index (κ1) is 28.4. The molecule has 0 radical (unpaired) electrons. The van der Waals surface area contributed by atoms with Gasteiger partial charge < -0.3 is 9.80 Å². The summed E-state index contributed by atoms with van der Waals surface area (Å²) >= 11 is 1.73. The number of halogens is 3. The van der Waals surface area contributed by atoms with Gasteiger partial charge in [0.05, 0.1) is 5.56 Å². The van der Waals surface area contributed by atoms with Gasteiger partial charge in [0.1, 0.15) is 0 Å². The largest absolute Gasteiger partial charge is 0.416 e. The van der Waals surface area contributed by atoms with Crippen LogP contribution in [0.25, 0.3) is 0 Å². The summed E-state index contributed by atoms with van der Waals surface area (Å²) in [7, 11) is 0. The van der Waals surface area contributed by atoms with Crippen LogP contribution in [0.3, 0.4) is 0 Å². The Morgan fingerprint density at radius 2 is 1.24 bits per heavy atom. The molecular weight excluding hydrogens is 584 g/mol. The van der Waals surface area contributed by atoms with Gasteiger partial charge in [-0.3, -0.25) is 0 Å². The standard InChI is InChI=1S/C38H32BF3N2S/c1-45-30-13-9-12-29(24-30)44-34-17-8-6-15-32(34)39-31-14-5-7-16-33(31)43(28-20-18-27(19-21-28)38(40,41)42)35-22-26(23-36(44)37(35)39)25-10-3-2-4-11-25/h5-9,12-25H,2-4,10-11H2,1H3. The molecule has 8 rings (SSSR count). The van der Waals surface area contributed by atoms with Crippen molar-refractivity contribution in [3.05, 3.63) is 120 Å². The molecule has 0 bridgehead atoms. The van der Waals surface area contributed by atoms with E-state index < -0.39 is 11.7 Å². The number of nitrogens with zero attached hydrogens (tertiary/aromatic N) is 2. The minimum atomic E-state index is -4.39. The minimum absolute atomic E-state index is 0.00603. The van der Waals surface area contributed by atoms with Crippen molar-refractivity contribution in [1.29, 1.82) is 0 Å². The van der Waals surface area contributed by atoms with Crippen LogP contribution in [0, 0.1) is 0 Å². The zero-order valence-electron chi connectivity index (χ0n) is 25.0. The Balaban J connectivity index is 1.43. The summed E-state index contributed by atoms with van der Waals surface area (Å²) in [6.07, 6.45) is 3.71. The molecule has 2 heterocycles. The lowest BCUT2D eigenvalue weighted by Crippen LogP contribution is -2.61. The molecule has 7 heteroatoms. The van der Waals surface area contributed by atoms with E-state index in [1.807, 2.05) is 6.07 Å². The van der Waals surface area contributed by atoms with Gasteiger partial charge in [-0.25, -0.2) is 0 Å². The third-order valence-electron chi connectivity index (χ3n) is 9.75. The number of benzene rings is 5. The van der Waals surface area contributed by atoms with Crippen molar-refractivity contribution < 1.29 is 13.2 Å². The maximum Gasteiger partial charge on any atom is 0.416 e. The van der Waals surface area contributed by atoms with Crippen molar-refractivity contribution in [2.75, 3.05) is 16.1 Å². The lowest BCUT2D eigenvalue weighted by molar-refractivity contribution is -0.137. The van der Waals surface area contributed by atoms with Crippen molar-refractivity contribution >= 4 is 69.0 Å². The number of rotatable bonds is 4. The summed E-state index contributed by atoms with van der Waals surface area (Å²) in [4.78, 5) is 5.80. The SMILES string of the molecule is CSc1cccc(N2c3ccccc3B3c4ccccc4N(c4ccc(C(F)(F)F)cc4)c4cc(C5CCCCC5)cc2c43)c1. The van der Waals surface area contributed by atoms with Gasteiger partial charge in [-0.15, -0.1) is 11.8 Å². The van der Waals surface area contributed by atoms with Gasteiger partial charge in [-0.2, -0.15) is 13.2 Å². The summed E-state index contributed by atoms with van der Waals surface area (Å²) in [5.74, 6) is 0.446. The van der Waals surface area contributed by atoms with Crippen LogP contribution in [0.4, 0.5) is 47.3 Å². The average molecular weight is 617 g/mol. The van der Waals surface area contributed by atoms with E-state index in [1.165, 1.54) is 52.8 Å². The van der Waals surface area contributed by atoms with E-state index in [0.717, 1.165) is 52.4 Å². The Labute approximate surface area is 267 Å². The molecule has 0 amide bonds. The van der Waals surface area contributed by atoms with Crippen LogP contribution in [0.1, 0.15) is 49.1 Å². The van der Waals surface area contributed by atoms with Crippen LogP contribution in [0.2, 0.25) is 0 Å². The Hall–Kier alpha value is -4.10. The van der Waals surface area contributed by atoms with Crippen molar-refractivity contribution in [2.45, 2.75) is 49.1 Å². The number of para-hydroxylation sites is 2. The zero-order chi connectivity index (χ0) is 30.7. The fourth-order valence-electron chi connectivity index (χ4n) is 7.70. The van der Waals surface area contributed by atoms with E-state index in [9.17, 15) is 13.2 Å². The molecule has 0 aromatic heterocycles. The second-order valence-electron chi connectivity index (χ2n) is 12.3. The highest BCUT2D eigenvalue weighted by atomic mass is 32.2. The normalized spacial score (nSPS) is 15.9. The molecule has 3 aliphatic rings. The third-order valence-corrected chi connectivity index (χ3v) is 10.5. The zero-order valence-corrected chi connectivity index (χ0v) is 25.8. The predicted octanol–water partition coefficient (Wildman–Crippen LogP) is 9.56. The van der Waals surface area contributed by atoms with E-state index in [1.54, 1.807) is 23.9 Å². The molecule has 0 spiro atoms. The van der Waals surface area contributed by atoms with Crippen molar-refractivity contribution in [2.24, 2.45) is 0 Å². The lowest BCUT2D eigenvalue weighted by Gasteiger charge is -2.45. The smallest absolute Gasteiger partial charge is 0.311 e. The second-order valence-corrected chi connectivity index (χ2v) is 13.2. The number of hydrogen-bond acceptors (Lipinski definition) is 3. The number of fused-ring (bicyclic) bond motifs is 4. The highest BCUT2D eigenvalue weighted by Crippen LogP contribution is 2.47. The predicted molar refractivity (Wildman–Crippen MR) is 183 cm³/mol. The summed E-state index contributed by atoms with van der Waals surface area (Å²) in [6.45, 7) is -0.00603. The van der Waals surface area contributed by atoms with E-state index in [-0.39, 0.29) is 6.71 Å². The molecule has 2 nitrogen and oxygen atoms in total. The Kier molecular flexibility index (Phi) is 6.98. The van der Waals surface area contributed by atoms with E-state index >= 15 is 0 Å². The van der Waals surface area contributed by atoms with Crippen molar-refractivity contribution in [1.82, 2.24) is 0 Å². The number of alkyl halides is 3. The fraction of sp³-hybridized carbons (Fsp3) is 0.211. The molecule has 224 valence electrons. The number of thioether (sulfide) groups is 1. The first-order valence-corrected chi connectivity index (χ1v) is 16.9. The summed E-state index contributed by atoms with van der Waals surface area (Å²) in [5.41, 5.74) is 10.5. The topological polar surface area (TPSA) is 6.48 Å². The summed E-state index contributed by atoms with van der Waals surface area (Å²) in [5, 5.41) is 0. The monoisotopic (exact) mass is 616 g/mol. The lowest BCUT2D eigenvalue weighted by atomic mass is 9.33. The molecule has 0 N–H and O–H groups in total. The van der Waals surface area contributed by atoms with Gasteiger partial charge >= 0.3 is 6.18 Å². The fourth-order valence-corrected chi connectivity index (χ4v) is 8.15. The van der Waals surface area contributed by atoms with Crippen molar-refractivity contribution in [3.63, 3.8) is 0 Å². The van der Waals surface area contributed by atoms with Gasteiger partial charge in [-0.1, -0.05) is 61.7 Å². The maximum absolute atomic E-state index is 13.6. The van der Waals surface area contributed by atoms with Gasteiger partial charge in [0.25, 0.3) is 6.71 Å². The molecule has 0 unspecified atom stereocenters. The Morgan fingerprint density at radius 1 is 0.644 bits per heavy atom. The van der Waals surface area contributed by atoms with E-state index in [2.05, 4.69) is 94.9 Å². The molecule has 1 aliphatic carbocycles.